The van der Waals surface area contributed by atoms with Crippen molar-refractivity contribution in [2.24, 2.45) is 0 Å². The second-order valence-electron chi connectivity index (χ2n) is 6.36. The van der Waals surface area contributed by atoms with E-state index < -0.39 is 28.1 Å². The molecule has 1 heterocycles. The zero-order valence-electron chi connectivity index (χ0n) is 15.3. The van der Waals surface area contributed by atoms with Crippen LogP contribution in [0.1, 0.15) is 12.5 Å². The molecule has 0 radical (unpaired) electrons. The van der Waals surface area contributed by atoms with Crippen molar-refractivity contribution in [3.63, 3.8) is 0 Å². The lowest BCUT2D eigenvalue weighted by Crippen LogP contribution is -2.58. The molecule has 2 atom stereocenters. The van der Waals surface area contributed by atoms with Gasteiger partial charge in [-0.15, -0.1) is 0 Å². The predicted octanol–water partition coefficient (Wildman–Crippen LogP) is 1.55. The highest BCUT2D eigenvalue weighted by atomic mass is 32.2. The molecule has 2 aromatic carbocycles. The fourth-order valence-corrected chi connectivity index (χ4v) is 4.69. The predicted molar refractivity (Wildman–Crippen MR) is 100 cm³/mol. The highest BCUT2D eigenvalue weighted by Crippen LogP contribution is 2.25. The first-order valence-electron chi connectivity index (χ1n) is 8.77. The Labute approximate surface area is 163 Å². The van der Waals surface area contributed by atoms with Gasteiger partial charge >= 0.3 is 0 Å². The molecule has 0 aliphatic carbocycles. The SMILES string of the molecule is CC1OCCN(S(=O)(=O)c2ccc(OCc3ccccc3)cc2)C1C(=O)NO. The van der Waals surface area contributed by atoms with Gasteiger partial charge in [-0.2, -0.15) is 4.31 Å². The van der Waals surface area contributed by atoms with E-state index in [0.29, 0.717) is 12.4 Å². The number of carbonyl (C=O) groups is 1. The van der Waals surface area contributed by atoms with Crippen LogP contribution < -0.4 is 10.2 Å². The molecule has 0 saturated carbocycles. The highest BCUT2D eigenvalue weighted by Gasteiger charge is 2.42. The fourth-order valence-electron chi connectivity index (χ4n) is 3.06. The van der Waals surface area contributed by atoms with Crippen LogP contribution in [0, 0.1) is 0 Å². The van der Waals surface area contributed by atoms with Gasteiger partial charge in [-0.3, -0.25) is 10.0 Å². The largest absolute Gasteiger partial charge is 0.489 e. The van der Waals surface area contributed by atoms with E-state index in [9.17, 15) is 13.2 Å². The number of nitrogens with one attached hydrogen (secondary N) is 1. The minimum atomic E-state index is -3.96. The lowest BCUT2D eigenvalue weighted by atomic mass is 10.1. The number of sulfonamides is 1. The Morgan fingerprint density at radius 2 is 1.89 bits per heavy atom. The van der Waals surface area contributed by atoms with Crippen LogP contribution in [0.2, 0.25) is 0 Å². The maximum atomic E-state index is 13.0. The van der Waals surface area contributed by atoms with Crippen molar-refractivity contribution in [2.75, 3.05) is 13.2 Å². The van der Waals surface area contributed by atoms with Crippen LogP contribution in [0.3, 0.4) is 0 Å². The molecule has 1 saturated heterocycles. The number of rotatable bonds is 6. The summed E-state index contributed by atoms with van der Waals surface area (Å²) in [6.45, 7) is 2.12. The zero-order valence-corrected chi connectivity index (χ0v) is 16.1. The molecule has 0 aromatic heterocycles. The first-order chi connectivity index (χ1) is 13.4. The lowest BCUT2D eigenvalue weighted by molar-refractivity contribution is -0.142. The Kier molecular flexibility index (Phi) is 6.30. The zero-order chi connectivity index (χ0) is 20.1. The number of morpholine rings is 1. The second-order valence-corrected chi connectivity index (χ2v) is 8.25. The van der Waals surface area contributed by atoms with Crippen LogP contribution in [-0.4, -0.2) is 49.1 Å². The van der Waals surface area contributed by atoms with E-state index in [-0.39, 0.29) is 18.0 Å². The van der Waals surface area contributed by atoms with Gasteiger partial charge in [-0.1, -0.05) is 30.3 Å². The minimum Gasteiger partial charge on any atom is -0.489 e. The number of hydroxylamine groups is 1. The van der Waals surface area contributed by atoms with Crippen LogP contribution in [-0.2, 0) is 26.2 Å². The Morgan fingerprint density at radius 3 is 2.54 bits per heavy atom. The molecule has 2 N–H and O–H groups in total. The minimum absolute atomic E-state index is 0.0109. The number of hydrogen-bond acceptors (Lipinski definition) is 6. The summed E-state index contributed by atoms with van der Waals surface area (Å²) in [5.74, 6) is -0.304. The van der Waals surface area contributed by atoms with Gasteiger partial charge in [0.25, 0.3) is 5.91 Å². The van der Waals surface area contributed by atoms with Crippen molar-refractivity contribution in [1.82, 2.24) is 9.79 Å². The molecule has 150 valence electrons. The van der Waals surface area contributed by atoms with Crippen LogP contribution in [0.25, 0.3) is 0 Å². The molecule has 0 bridgehead atoms. The standard InChI is InChI=1S/C19H22N2O6S/c1-14-18(19(22)20-23)21(11-12-26-14)28(24,25)17-9-7-16(8-10-17)27-13-15-5-3-2-4-6-15/h2-10,14,18,23H,11-13H2,1H3,(H,20,22). The number of amides is 1. The molecule has 0 spiro atoms. The molecule has 3 rings (SSSR count). The van der Waals surface area contributed by atoms with Gasteiger partial charge in [0.05, 0.1) is 17.6 Å². The van der Waals surface area contributed by atoms with Crippen molar-refractivity contribution in [2.45, 2.75) is 30.6 Å². The van der Waals surface area contributed by atoms with E-state index in [1.54, 1.807) is 19.1 Å². The first kappa shape index (κ1) is 20.3. The van der Waals surface area contributed by atoms with Gasteiger partial charge in [-0.05, 0) is 36.8 Å². The van der Waals surface area contributed by atoms with E-state index in [4.69, 9.17) is 14.7 Å². The molecular weight excluding hydrogens is 384 g/mol. The summed E-state index contributed by atoms with van der Waals surface area (Å²) in [6, 6.07) is 14.5. The van der Waals surface area contributed by atoms with Crippen molar-refractivity contribution in [1.29, 1.82) is 0 Å². The number of ether oxygens (including phenoxy) is 2. The quantitative estimate of drug-likeness (QED) is 0.557. The summed E-state index contributed by atoms with van der Waals surface area (Å²) in [5, 5.41) is 8.96. The molecule has 1 aliphatic rings. The van der Waals surface area contributed by atoms with Gasteiger partial charge in [0.15, 0.2) is 0 Å². The second kappa shape index (κ2) is 8.70. The van der Waals surface area contributed by atoms with E-state index in [0.717, 1.165) is 9.87 Å². The molecule has 2 aromatic rings. The molecule has 1 amide bonds. The maximum Gasteiger partial charge on any atom is 0.264 e. The van der Waals surface area contributed by atoms with Crippen molar-refractivity contribution in [3.05, 3.63) is 60.2 Å². The molecule has 2 unspecified atom stereocenters. The summed E-state index contributed by atoms with van der Waals surface area (Å²) in [6.07, 6.45) is -0.691. The molecule has 1 fully saturated rings. The molecule has 9 heteroatoms. The Hall–Kier alpha value is -2.46. The molecule has 28 heavy (non-hydrogen) atoms. The summed E-state index contributed by atoms with van der Waals surface area (Å²) >= 11 is 0. The molecular formula is C19H22N2O6S. The van der Waals surface area contributed by atoms with E-state index >= 15 is 0 Å². The maximum absolute atomic E-state index is 13.0. The summed E-state index contributed by atoms with van der Waals surface area (Å²) in [7, 11) is -3.96. The smallest absolute Gasteiger partial charge is 0.264 e. The monoisotopic (exact) mass is 406 g/mol. The van der Waals surface area contributed by atoms with E-state index in [2.05, 4.69) is 0 Å². The normalized spacial score (nSPS) is 20.5. The average molecular weight is 406 g/mol. The first-order valence-corrected chi connectivity index (χ1v) is 10.2. The Balaban J connectivity index is 1.76. The Morgan fingerprint density at radius 1 is 1.21 bits per heavy atom. The van der Waals surface area contributed by atoms with Gasteiger partial charge in [-0.25, -0.2) is 13.9 Å². The summed E-state index contributed by atoms with van der Waals surface area (Å²) in [4.78, 5) is 12.0. The summed E-state index contributed by atoms with van der Waals surface area (Å²) < 4.78 is 38.1. The topological polar surface area (TPSA) is 105 Å². The third-order valence-electron chi connectivity index (χ3n) is 4.50. The average Bonchev–Trinajstić information content (AvgIpc) is 2.72. The van der Waals surface area contributed by atoms with Gasteiger partial charge in [0, 0.05) is 6.54 Å². The van der Waals surface area contributed by atoms with E-state index in [1.165, 1.54) is 17.6 Å². The molecule has 8 nitrogen and oxygen atoms in total. The number of hydrogen-bond donors (Lipinski definition) is 2. The summed E-state index contributed by atoms with van der Waals surface area (Å²) in [5.41, 5.74) is 2.51. The highest BCUT2D eigenvalue weighted by molar-refractivity contribution is 7.89. The van der Waals surface area contributed by atoms with Gasteiger partial charge < -0.3 is 9.47 Å². The van der Waals surface area contributed by atoms with Crippen LogP contribution in [0.5, 0.6) is 5.75 Å². The van der Waals surface area contributed by atoms with Crippen LogP contribution in [0.4, 0.5) is 0 Å². The number of nitrogens with zero attached hydrogens (tertiary/aromatic N) is 1. The van der Waals surface area contributed by atoms with Gasteiger partial charge in [0.2, 0.25) is 10.0 Å². The van der Waals surface area contributed by atoms with E-state index in [1.807, 2.05) is 30.3 Å². The third-order valence-corrected chi connectivity index (χ3v) is 6.40. The number of benzene rings is 2. The van der Waals surface area contributed by atoms with Crippen molar-refractivity contribution >= 4 is 15.9 Å². The van der Waals surface area contributed by atoms with Crippen LogP contribution in [0.15, 0.2) is 59.5 Å². The third kappa shape index (κ3) is 4.33. The lowest BCUT2D eigenvalue weighted by Gasteiger charge is -2.37. The molecule has 1 aliphatic heterocycles. The fraction of sp³-hybridized carbons (Fsp3) is 0.316. The van der Waals surface area contributed by atoms with Crippen molar-refractivity contribution in [3.8, 4) is 5.75 Å². The van der Waals surface area contributed by atoms with Gasteiger partial charge in [0.1, 0.15) is 18.4 Å². The number of carbonyl (C=O) groups excluding carboxylic acids is 1. The van der Waals surface area contributed by atoms with Crippen molar-refractivity contribution < 1.29 is 27.9 Å². The van der Waals surface area contributed by atoms with Crippen LogP contribution >= 0.6 is 0 Å². The Bertz CT molecular complexity index is 902.